The number of nitrogens with one attached hydrogen (secondary N) is 2. The van der Waals surface area contributed by atoms with Crippen LogP contribution in [-0.4, -0.2) is 80.0 Å². The van der Waals surface area contributed by atoms with Crippen LogP contribution in [0.15, 0.2) is 36.5 Å². The number of nitrogens with zero attached hydrogens (tertiary/aromatic N) is 1. The van der Waals surface area contributed by atoms with Gasteiger partial charge in [-0.3, -0.25) is 4.79 Å². The lowest BCUT2D eigenvalue weighted by atomic mass is 9.88. The highest BCUT2D eigenvalue weighted by Gasteiger charge is 2.38. The number of hydrogen-bond donors (Lipinski definition) is 4. The minimum Gasteiger partial charge on any atom is -0.475 e. The van der Waals surface area contributed by atoms with Gasteiger partial charge in [-0.15, -0.1) is 0 Å². The summed E-state index contributed by atoms with van der Waals surface area (Å²) >= 11 is 0. The minimum absolute atomic E-state index is 0.0909. The van der Waals surface area contributed by atoms with Crippen molar-refractivity contribution in [3.63, 3.8) is 0 Å². The van der Waals surface area contributed by atoms with Gasteiger partial charge in [0.1, 0.15) is 5.82 Å². The first-order chi connectivity index (χ1) is 20.2. The number of carbonyl (C=O) groups excluding carboxylic acids is 1. The normalized spacial score (nSPS) is 14.8. The number of carbonyl (C=O) groups is 2. The molecule has 0 atom stereocenters. The molecule has 5 N–H and O–H groups in total. The number of aromatic amines is 1. The van der Waals surface area contributed by atoms with E-state index in [-0.39, 0.29) is 17.5 Å². The number of alkyl halides is 3. The molecule has 2 heterocycles. The van der Waals surface area contributed by atoms with Crippen LogP contribution >= 0.6 is 0 Å². The fourth-order valence-electron chi connectivity index (χ4n) is 4.91. The number of aliphatic carboxylic acids is 1. The number of hydrogen-bond acceptors (Lipinski definition) is 6. The average Bonchev–Trinajstić information content (AvgIpc) is 3.38. The molecule has 10 nitrogen and oxygen atoms in total. The number of carboxylic acids is 1. The predicted octanol–water partition coefficient (Wildman–Crippen LogP) is 3.97. The van der Waals surface area contributed by atoms with E-state index in [1.54, 1.807) is 24.4 Å². The van der Waals surface area contributed by atoms with Crippen molar-refractivity contribution in [1.29, 1.82) is 0 Å². The standard InChI is InChI=1S/C26H33FN4O4S.C2HF3O2/c1-3-36(33,34)31-7-4-18(5-8-31)24-16-30-25-22(24)13-20(14-23(25)26(28)32)19-10-17(11-21(27)12-19)15-29-6-9-35-2;3-2(4,5)1(6)7/h10-14,16,18,29-30H,3-9,15H2,1-2H3,(H2,28,32);(H,6,7). The summed E-state index contributed by atoms with van der Waals surface area (Å²) in [4.78, 5) is 24.4. The molecule has 0 saturated carbocycles. The summed E-state index contributed by atoms with van der Waals surface area (Å²) in [7, 11) is -1.59. The molecule has 0 radical (unpaired) electrons. The summed E-state index contributed by atoms with van der Waals surface area (Å²) in [5.41, 5.74) is 9.84. The Labute approximate surface area is 246 Å². The van der Waals surface area contributed by atoms with Gasteiger partial charge in [0.15, 0.2) is 0 Å². The van der Waals surface area contributed by atoms with Crippen molar-refractivity contribution in [3.05, 3.63) is 59.0 Å². The Morgan fingerprint density at radius 1 is 1.14 bits per heavy atom. The van der Waals surface area contributed by atoms with E-state index in [2.05, 4.69) is 10.3 Å². The van der Waals surface area contributed by atoms with Crippen molar-refractivity contribution < 1.29 is 45.4 Å². The molecule has 43 heavy (non-hydrogen) atoms. The van der Waals surface area contributed by atoms with Crippen LogP contribution in [0, 0.1) is 5.82 Å². The van der Waals surface area contributed by atoms with E-state index in [0.29, 0.717) is 67.8 Å². The number of aromatic nitrogens is 1. The molecule has 3 aromatic rings. The van der Waals surface area contributed by atoms with Gasteiger partial charge in [0, 0.05) is 44.9 Å². The third-order valence-corrected chi connectivity index (χ3v) is 8.97. The van der Waals surface area contributed by atoms with Crippen LogP contribution in [0.5, 0.6) is 0 Å². The van der Waals surface area contributed by atoms with Crippen LogP contribution in [0.2, 0.25) is 0 Å². The highest BCUT2D eigenvalue weighted by Crippen LogP contribution is 2.37. The zero-order chi connectivity index (χ0) is 31.9. The molecule has 0 unspecified atom stereocenters. The van der Waals surface area contributed by atoms with Crippen LogP contribution in [0.3, 0.4) is 0 Å². The van der Waals surface area contributed by atoms with Crippen molar-refractivity contribution in [2.45, 2.75) is 38.4 Å². The zero-order valence-electron chi connectivity index (χ0n) is 23.6. The molecule has 1 aromatic heterocycles. The molecular formula is C28H34F4N4O6S. The Hall–Kier alpha value is -3.53. The van der Waals surface area contributed by atoms with Gasteiger partial charge < -0.3 is 25.9 Å². The average molecular weight is 631 g/mol. The molecule has 236 valence electrons. The van der Waals surface area contributed by atoms with Gasteiger partial charge in [0.2, 0.25) is 10.0 Å². The van der Waals surface area contributed by atoms with Gasteiger partial charge in [-0.1, -0.05) is 0 Å². The molecule has 1 aliphatic heterocycles. The van der Waals surface area contributed by atoms with Crippen LogP contribution in [-0.2, 0) is 26.1 Å². The lowest BCUT2D eigenvalue weighted by molar-refractivity contribution is -0.192. The zero-order valence-corrected chi connectivity index (χ0v) is 24.4. The van der Waals surface area contributed by atoms with E-state index in [1.165, 1.54) is 12.1 Å². The van der Waals surface area contributed by atoms with E-state index in [4.69, 9.17) is 20.4 Å². The highest BCUT2D eigenvalue weighted by atomic mass is 32.2. The fraction of sp³-hybridized carbons (Fsp3) is 0.429. The SMILES string of the molecule is CCS(=O)(=O)N1CCC(c2c[nH]c3c(C(N)=O)cc(-c4cc(F)cc(CNCCOC)c4)cc23)CC1.O=C(O)C(F)(F)F. The van der Waals surface area contributed by atoms with E-state index >= 15 is 0 Å². The second kappa shape index (κ2) is 14.3. The number of halogens is 4. The molecule has 0 spiro atoms. The second-order valence-electron chi connectivity index (χ2n) is 9.95. The van der Waals surface area contributed by atoms with Crippen LogP contribution in [0.4, 0.5) is 17.6 Å². The Morgan fingerprint density at radius 2 is 1.77 bits per heavy atom. The molecule has 1 fully saturated rings. The maximum Gasteiger partial charge on any atom is 0.490 e. The summed E-state index contributed by atoms with van der Waals surface area (Å²) in [5.74, 6) is -3.47. The fourth-order valence-corrected chi connectivity index (χ4v) is 6.04. The van der Waals surface area contributed by atoms with Gasteiger partial charge in [0.25, 0.3) is 5.91 Å². The Bertz CT molecular complexity index is 1550. The number of ether oxygens (including phenoxy) is 1. The minimum atomic E-state index is -5.08. The first-order valence-electron chi connectivity index (χ1n) is 13.4. The molecule has 15 heteroatoms. The summed E-state index contributed by atoms with van der Waals surface area (Å²) in [6.07, 6.45) is -1.84. The molecule has 1 saturated heterocycles. The summed E-state index contributed by atoms with van der Waals surface area (Å²) in [5, 5.41) is 11.2. The number of benzene rings is 2. The number of rotatable bonds is 10. The number of amides is 1. The molecule has 4 rings (SSSR count). The summed E-state index contributed by atoms with van der Waals surface area (Å²) in [6.45, 7) is 4.25. The van der Waals surface area contributed by atoms with Crippen LogP contribution < -0.4 is 11.1 Å². The highest BCUT2D eigenvalue weighted by molar-refractivity contribution is 7.89. The van der Waals surface area contributed by atoms with Crippen molar-refractivity contribution in [3.8, 4) is 11.1 Å². The maximum absolute atomic E-state index is 14.5. The topological polar surface area (TPSA) is 155 Å². The largest absolute Gasteiger partial charge is 0.490 e. The maximum atomic E-state index is 14.5. The smallest absolute Gasteiger partial charge is 0.475 e. The molecule has 1 amide bonds. The van der Waals surface area contributed by atoms with Crippen LogP contribution in [0.25, 0.3) is 22.0 Å². The third kappa shape index (κ3) is 8.75. The number of sulfonamides is 1. The van der Waals surface area contributed by atoms with E-state index in [1.807, 2.05) is 18.3 Å². The van der Waals surface area contributed by atoms with Gasteiger partial charge in [-0.25, -0.2) is 21.9 Å². The number of methoxy groups -OCH3 is 1. The van der Waals surface area contributed by atoms with E-state index in [0.717, 1.165) is 16.5 Å². The van der Waals surface area contributed by atoms with E-state index < -0.39 is 28.1 Å². The van der Waals surface area contributed by atoms with Crippen molar-refractivity contribution in [2.24, 2.45) is 5.73 Å². The van der Waals surface area contributed by atoms with Crippen LogP contribution in [0.1, 0.15) is 47.2 Å². The number of H-pyrrole nitrogens is 1. The van der Waals surface area contributed by atoms with Crippen molar-refractivity contribution in [2.75, 3.05) is 39.1 Å². The number of primary amides is 1. The molecule has 0 aliphatic carbocycles. The lowest BCUT2D eigenvalue weighted by Gasteiger charge is -2.31. The van der Waals surface area contributed by atoms with Gasteiger partial charge >= 0.3 is 12.1 Å². The second-order valence-corrected chi connectivity index (χ2v) is 12.2. The Kier molecular flexibility index (Phi) is 11.3. The third-order valence-electron chi connectivity index (χ3n) is 7.08. The van der Waals surface area contributed by atoms with Crippen molar-refractivity contribution in [1.82, 2.24) is 14.6 Å². The quantitative estimate of drug-likeness (QED) is 0.195. The molecule has 2 aromatic carbocycles. The lowest BCUT2D eigenvalue weighted by Crippen LogP contribution is -2.38. The number of fused-ring (bicyclic) bond motifs is 1. The number of carboxylic acid groups (broad SMARTS) is 1. The van der Waals surface area contributed by atoms with Gasteiger partial charge in [-0.05, 0) is 78.3 Å². The Morgan fingerprint density at radius 3 is 2.33 bits per heavy atom. The van der Waals surface area contributed by atoms with Gasteiger partial charge in [-0.2, -0.15) is 13.2 Å². The molecular weight excluding hydrogens is 596 g/mol. The predicted molar refractivity (Wildman–Crippen MR) is 152 cm³/mol. The molecule has 0 bridgehead atoms. The summed E-state index contributed by atoms with van der Waals surface area (Å²) < 4.78 is 77.4. The first kappa shape index (κ1) is 34.0. The monoisotopic (exact) mass is 630 g/mol. The van der Waals surface area contributed by atoms with Gasteiger partial charge in [0.05, 0.1) is 23.4 Å². The molecule has 1 aliphatic rings. The Balaban J connectivity index is 0.000000646. The summed E-state index contributed by atoms with van der Waals surface area (Å²) in [6, 6.07) is 8.48. The number of nitrogens with two attached hydrogens (primary N) is 1. The number of piperidine rings is 1. The van der Waals surface area contributed by atoms with Crippen molar-refractivity contribution >= 4 is 32.8 Å². The first-order valence-corrected chi connectivity index (χ1v) is 15.0. The van der Waals surface area contributed by atoms with E-state index in [9.17, 15) is 30.8 Å².